The number of β-amino-alcohol motifs (C(OH)–C–C–N with tert-alkyl or cyclic N) is 1. The van der Waals surface area contributed by atoms with E-state index >= 15 is 0 Å². The normalized spacial score (nSPS) is 17.2. The average molecular weight is 464 g/mol. The van der Waals surface area contributed by atoms with Gasteiger partial charge >= 0.3 is 6.03 Å². The number of hydrogen-bond acceptors (Lipinski definition) is 6. The van der Waals surface area contributed by atoms with Crippen molar-refractivity contribution in [3.8, 4) is 12.3 Å². The number of hydrogen-bond donors (Lipinski definition) is 4. The summed E-state index contributed by atoms with van der Waals surface area (Å²) in [4.78, 5) is 40.6. The molecule has 9 heteroatoms. The van der Waals surface area contributed by atoms with Crippen molar-refractivity contribution in [1.29, 1.82) is 0 Å². The lowest BCUT2D eigenvalue weighted by Gasteiger charge is -2.24. The molecule has 1 aliphatic heterocycles. The van der Waals surface area contributed by atoms with Crippen LogP contribution >= 0.6 is 0 Å². The molecule has 1 saturated heterocycles. The Labute approximate surface area is 199 Å². The first-order valence-corrected chi connectivity index (χ1v) is 10.9. The number of amides is 3. The minimum Gasteiger partial charge on any atom is -0.391 e. The van der Waals surface area contributed by atoms with Crippen LogP contribution in [-0.4, -0.2) is 78.5 Å². The number of carbonyl (C=O) groups is 3. The van der Waals surface area contributed by atoms with E-state index in [0.29, 0.717) is 23.5 Å². The lowest BCUT2D eigenvalue weighted by Crippen LogP contribution is -2.45. The fourth-order valence-corrected chi connectivity index (χ4v) is 3.64. The number of terminal acetylenes is 1. The van der Waals surface area contributed by atoms with Gasteiger partial charge < -0.3 is 30.9 Å². The van der Waals surface area contributed by atoms with Gasteiger partial charge in [0.05, 0.1) is 19.2 Å². The van der Waals surface area contributed by atoms with Crippen LogP contribution in [0.2, 0.25) is 0 Å². The van der Waals surface area contributed by atoms with Crippen molar-refractivity contribution in [2.24, 2.45) is 0 Å². The van der Waals surface area contributed by atoms with Crippen molar-refractivity contribution in [3.05, 3.63) is 54.1 Å². The van der Waals surface area contributed by atoms with Crippen LogP contribution in [0.3, 0.4) is 0 Å². The van der Waals surface area contributed by atoms with Gasteiger partial charge in [0.2, 0.25) is 5.91 Å². The van der Waals surface area contributed by atoms with Crippen LogP contribution in [-0.2, 0) is 9.59 Å². The molecule has 0 aliphatic carbocycles. The summed E-state index contributed by atoms with van der Waals surface area (Å²) in [6, 6.07) is 12.4. The SMILES string of the molecule is C#Cc1ccc(NC(=O)N2C[C@H](O)C[C@@H]2C(=O)Nc2ccc(NCC(=O)CN(C)C)cc2)cc1. The number of likely N-dealkylation sites (N-methyl/N-ethyl adjacent to an activating group) is 1. The van der Waals surface area contributed by atoms with E-state index < -0.39 is 24.1 Å². The van der Waals surface area contributed by atoms with E-state index in [1.165, 1.54) is 4.90 Å². The van der Waals surface area contributed by atoms with Gasteiger partial charge in [0, 0.05) is 35.6 Å². The second kappa shape index (κ2) is 11.3. The predicted octanol–water partition coefficient (Wildman–Crippen LogP) is 1.82. The molecule has 3 rings (SSSR count). The van der Waals surface area contributed by atoms with Crippen molar-refractivity contribution >= 4 is 34.8 Å². The topological polar surface area (TPSA) is 114 Å². The zero-order valence-corrected chi connectivity index (χ0v) is 19.2. The molecule has 0 aromatic heterocycles. The van der Waals surface area contributed by atoms with Crippen LogP contribution < -0.4 is 16.0 Å². The minimum atomic E-state index is -0.818. The summed E-state index contributed by atoms with van der Waals surface area (Å²) in [7, 11) is 3.67. The number of nitrogens with zero attached hydrogens (tertiary/aromatic N) is 2. The van der Waals surface area contributed by atoms with Crippen LogP contribution in [0.5, 0.6) is 0 Å². The molecular weight excluding hydrogens is 434 g/mol. The Bertz CT molecular complexity index is 1060. The van der Waals surface area contributed by atoms with Crippen LogP contribution in [0.25, 0.3) is 0 Å². The number of likely N-dealkylation sites (tertiary alicyclic amines) is 1. The van der Waals surface area contributed by atoms with Gasteiger partial charge in [-0.25, -0.2) is 4.79 Å². The van der Waals surface area contributed by atoms with Crippen LogP contribution in [0.15, 0.2) is 48.5 Å². The standard InChI is InChI=1S/C25H29N5O4/c1-4-17-5-7-20(8-6-17)28-25(34)30-16-21(31)13-23(30)24(33)27-19-11-9-18(10-12-19)26-14-22(32)15-29(2)3/h1,5-12,21,23,26,31H,13-16H2,2-3H3,(H,27,33)(H,28,34)/t21-,23-/m1/s1. The molecule has 0 unspecified atom stereocenters. The number of aliphatic hydroxyl groups excluding tert-OH is 1. The maximum Gasteiger partial charge on any atom is 0.322 e. The molecular formula is C25H29N5O4. The second-order valence-corrected chi connectivity index (χ2v) is 8.41. The molecule has 0 bridgehead atoms. The summed E-state index contributed by atoms with van der Waals surface area (Å²) in [5.41, 5.74) is 2.52. The van der Waals surface area contributed by atoms with Crippen molar-refractivity contribution in [2.75, 3.05) is 49.7 Å². The highest BCUT2D eigenvalue weighted by atomic mass is 16.3. The lowest BCUT2D eigenvalue weighted by molar-refractivity contribution is -0.119. The van der Waals surface area contributed by atoms with E-state index in [0.717, 1.165) is 5.69 Å². The Morgan fingerprint density at radius 3 is 2.24 bits per heavy atom. The third-order valence-corrected chi connectivity index (χ3v) is 5.28. The molecule has 1 heterocycles. The van der Waals surface area contributed by atoms with Crippen molar-refractivity contribution in [3.63, 3.8) is 0 Å². The van der Waals surface area contributed by atoms with E-state index in [9.17, 15) is 19.5 Å². The molecule has 2 atom stereocenters. The van der Waals surface area contributed by atoms with E-state index in [2.05, 4.69) is 21.9 Å². The van der Waals surface area contributed by atoms with Crippen molar-refractivity contribution in [2.45, 2.75) is 18.6 Å². The predicted molar refractivity (Wildman–Crippen MR) is 132 cm³/mol. The van der Waals surface area contributed by atoms with Gasteiger partial charge in [0.1, 0.15) is 6.04 Å². The Kier molecular flexibility index (Phi) is 8.24. The number of nitrogens with one attached hydrogen (secondary N) is 3. The van der Waals surface area contributed by atoms with Crippen LogP contribution in [0.4, 0.5) is 21.9 Å². The Hall–Kier alpha value is -3.87. The van der Waals surface area contributed by atoms with Gasteiger partial charge in [-0.2, -0.15) is 0 Å². The van der Waals surface area contributed by atoms with Crippen molar-refractivity contribution in [1.82, 2.24) is 9.80 Å². The third-order valence-electron chi connectivity index (χ3n) is 5.28. The summed E-state index contributed by atoms with van der Waals surface area (Å²) < 4.78 is 0. The zero-order chi connectivity index (χ0) is 24.7. The summed E-state index contributed by atoms with van der Waals surface area (Å²) >= 11 is 0. The molecule has 34 heavy (non-hydrogen) atoms. The summed E-state index contributed by atoms with van der Waals surface area (Å²) in [5.74, 6) is 2.18. The molecule has 9 nitrogen and oxygen atoms in total. The van der Waals surface area contributed by atoms with Gasteiger partial charge in [-0.15, -0.1) is 6.42 Å². The Morgan fingerprint density at radius 2 is 1.62 bits per heavy atom. The Morgan fingerprint density at radius 1 is 1.03 bits per heavy atom. The molecule has 2 aromatic carbocycles. The molecule has 2 aromatic rings. The second-order valence-electron chi connectivity index (χ2n) is 8.41. The number of aliphatic hydroxyl groups is 1. The highest BCUT2D eigenvalue weighted by molar-refractivity contribution is 5.99. The zero-order valence-electron chi connectivity index (χ0n) is 19.2. The molecule has 3 amide bonds. The van der Waals surface area contributed by atoms with E-state index in [1.807, 2.05) is 14.1 Å². The molecule has 1 fully saturated rings. The monoisotopic (exact) mass is 463 g/mol. The smallest absolute Gasteiger partial charge is 0.322 e. The minimum absolute atomic E-state index is 0.0518. The average Bonchev–Trinajstić information content (AvgIpc) is 3.21. The summed E-state index contributed by atoms with van der Waals surface area (Å²) in [6.45, 7) is 0.615. The number of urea groups is 1. The van der Waals surface area contributed by atoms with Gasteiger partial charge in [-0.05, 0) is 62.6 Å². The lowest BCUT2D eigenvalue weighted by atomic mass is 10.1. The number of anilines is 3. The van der Waals surface area contributed by atoms with Crippen molar-refractivity contribution < 1.29 is 19.5 Å². The fourth-order valence-electron chi connectivity index (χ4n) is 3.64. The van der Waals surface area contributed by atoms with Gasteiger partial charge in [-0.1, -0.05) is 5.92 Å². The van der Waals surface area contributed by atoms with E-state index in [-0.39, 0.29) is 25.3 Å². The van der Waals surface area contributed by atoms with E-state index in [4.69, 9.17) is 6.42 Å². The first-order chi connectivity index (χ1) is 16.2. The van der Waals surface area contributed by atoms with Crippen LogP contribution in [0, 0.1) is 12.3 Å². The number of benzene rings is 2. The molecule has 0 spiro atoms. The highest BCUT2D eigenvalue weighted by Gasteiger charge is 2.39. The summed E-state index contributed by atoms with van der Waals surface area (Å²) in [5, 5.41) is 18.7. The fraction of sp³-hybridized carbons (Fsp3) is 0.320. The van der Waals surface area contributed by atoms with Gasteiger partial charge in [0.15, 0.2) is 5.78 Å². The number of Topliss-reactive ketones (excluding diaryl/α,β-unsaturated/α-hetero) is 1. The maximum absolute atomic E-state index is 12.9. The number of carbonyl (C=O) groups excluding carboxylic acids is 3. The first kappa shape index (κ1) is 24.8. The third kappa shape index (κ3) is 6.81. The molecule has 0 saturated carbocycles. The largest absolute Gasteiger partial charge is 0.391 e. The summed E-state index contributed by atoms with van der Waals surface area (Å²) in [6.07, 6.45) is 4.69. The maximum atomic E-state index is 12.9. The molecule has 1 aliphatic rings. The number of rotatable bonds is 8. The first-order valence-electron chi connectivity index (χ1n) is 10.9. The Balaban J connectivity index is 1.57. The van der Waals surface area contributed by atoms with Gasteiger partial charge in [0.25, 0.3) is 0 Å². The van der Waals surface area contributed by atoms with Crippen LogP contribution in [0.1, 0.15) is 12.0 Å². The van der Waals surface area contributed by atoms with Gasteiger partial charge in [-0.3, -0.25) is 9.59 Å². The molecule has 4 N–H and O–H groups in total. The quantitative estimate of drug-likeness (QED) is 0.444. The molecule has 178 valence electrons. The number of ketones is 1. The highest BCUT2D eigenvalue weighted by Crippen LogP contribution is 2.22. The van der Waals surface area contributed by atoms with E-state index in [1.54, 1.807) is 53.4 Å². The molecule has 0 radical (unpaired) electrons.